The van der Waals surface area contributed by atoms with Crippen molar-refractivity contribution in [1.29, 1.82) is 5.26 Å². The molecule has 0 aliphatic carbocycles. The van der Waals surface area contributed by atoms with Crippen LogP contribution < -0.4 is 4.74 Å². The van der Waals surface area contributed by atoms with E-state index in [-0.39, 0.29) is 0 Å². The van der Waals surface area contributed by atoms with Gasteiger partial charge in [-0.05, 0) is 6.07 Å². The van der Waals surface area contributed by atoms with Gasteiger partial charge in [-0.3, -0.25) is 0 Å². The first-order chi connectivity index (χ1) is 8.28. The molecule has 0 bridgehead atoms. The van der Waals surface area contributed by atoms with Crippen molar-refractivity contribution in [3.63, 3.8) is 0 Å². The Morgan fingerprint density at radius 1 is 1.39 bits per heavy atom. The highest BCUT2D eigenvalue weighted by atomic mass is 19.4. The predicted octanol–water partition coefficient (Wildman–Crippen LogP) is 2.38. The Morgan fingerprint density at radius 2 is 2.00 bits per heavy atom. The minimum Gasteiger partial charge on any atom is -0.465 e. The van der Waals surface area contributed by atoms with Crippen LogP contribution in [0.15, 0.2) is 12.1 Å². The Kier molecular flexibility index (Phi) is 3.76. The third kappa shape index (κ3) is 3.10. The molecule has 18 heavy (non-hydrogen) atoms. The van der Waals surface area contributed by atoms with Gasteiger partial charge in [-0.1, -0.05) is 0 Å². The van der Waals surface area contributed by atoms with Gasteiger partial charge in [0.15, 0.2) is 0 Å². The maximum Gasteiger partial charge on any atom is 0.573 e. The summed E-state index contributed by atoms with van der Waals surface area (Å²) in [5, 5.41) is 8.61. The standard InChI is InChI=1S/C10H5F4NO3/c1-17-9(16)6-2-5(4-15)8(3-7(6)11)18-10(12,13)14/h2-3H,1H3. The number of hydrogen-bond donors (Lipinski definition) is 0. The van der Waals surface area contributed by atoms with E-state index in [1.807, 2.05) is 0 Å². The van der Waals surface area contributed by atoms with E-state index in [2.05, 4.69) is 9.47 Å². The van der Waals surface area contributed by atoms with Crippen molar-refractivity contribution in [3.8, 4) is 11.8 Å². The molecule has 0 amide bonds. The zero-order valence-electron chi connectivity index (χ0n) is 8.84. The third-order valence-electron chi connectivity index (χ3n) is 1.82. The molecule has 1 aromatic rings. The average molecular weight is 263 g/mol. The number of benzene rings is 1. The molecular formula is C10H5F4NO3. The van der Waals surface area contributed by atoms with Gasteiger partial charge in [0.1, 0.15) is 17.6 Å². The van der Waals surface area contributed by atoms with E-state index in [0.29, 0.717) is 12.1 Å². The Bertz CT molecular complexity index is 519. The van der Waals surface area contributed by atoms with Crippen LogP contribution in [-0.2, 0) is 4.74 Å². The van der Waals surface area contributed by atoms with Crippen molar-refractivity contribution >= 4 is 5.97 Å². The van der Waals surface area contributed by atoms with Gasteiger partial charge in [-0.25, -0.2) is 9.18 Å². The summed E-state index contributed by atoms with van der Waals surface area (Å²) in [5.74, 6) is -3.40. The molecule has 0 fully saturated rings. The van der Waals surface area contributed by atoms with E-state index in [4.69, 9.17) is 5.26 Å². The molecule has 0 aliphatic rings. The number of methoxy groups -OCH3 is 1. The summed E-state index contributed by atoms with van der Waals surface area (Å²) in [6.07, 6.45) is -5.06. The summed E-state index contributed by atoms with van der Waals surface area (Å²) >= 11 is 0. The lowest BCUT2D eigenvalue weighted by molar-refractivity contribution is -0.274. The van der Waals surface area contributed by atoms with E-state index in [1.54, 1.807) is 0 Å². The number of esters is 1. The van der Waals surface area contributed by atoms with Gasteiger partial charge >= 0.3 is 12.3 Å². The van der Waals surface area contributed by atoms with Gasteiger partial charge in [-0.15, -0.1) is 13.2 Å². The fraction of sp³-hybridized carbons (Fsp3) is 0.200. The molecule has 0 radical (unpaired) electrons. The molecule has 0 saturated carbocycles. The molecule has 1 rings (SSSR count). The molecule has 0 unspecified atom stereocenters. The monoisotopic (exact) mass is 263 g/mol. The average Bonchev–Trinajstić information content (AvgIpc) is 2.26. The van der Waals surface area contributed by atoms with E-state index in [0.717, 1.165) is 7.11 Å². The number of carbonyl (C=O) groups excluding carboxylic acids is 1. The van der Waals surface area contributed by atoms with Crippen LogP contribution in [0.1, 0.15) is 15.9 Å². The number of rotatable bonds is 2. The molecule has 0 N–H and O–H groups in total. The minimum atomic E-state index is -5.06. The number of hydrogen-bond acceptors (Lipinski definition) is 4. The number of ether oxygens (including phenoxy) is 2. The lowest BCUT2D eigenvalue weighted by Crippen LogP contribution is -2.18. The van der Waals surface area contributed by atoms with Crippen LogP contribution >= 0.6 is 0 Å². The van der Waals surface area contributed by atoms with Gasteiger partial charge in [0.2, 0.25) is 0 Å². The summed E-state index contributed by atoms with van der Waals surface area (Å²) in [5.41, 5.74) is -1.28. The maximum absolute atomic E-state index is 13.3. The SMILES string of the molecule is COC(=O)c1cc(C#N)c(OC(F)(F)F)cc1F. The zero-order valence-corrected chi connectivity index (χ0v) is 8.84. The van der Waals surface area contributed by atoms with Gasteiger partial charge in [0.25, 0.3) is 0 Å². The lowest BCUT2D eigenvalue weighted by atomic mass is 10.1. The zero-order chi connectivity index (χ0) is 13.9. The van der Waals surface area contributed by atoms with E-state index in [1.165, 1.54) is 6.07 Å². The van der Waals surface area contributed by atoms with Crippen molar-refractivity contribution in [2.45, 2.75) is 6.36 Å². The molecule has 0 saturated heterocycles. The van der Waals surface area contributed by atoms with Crippen LogP contribution in [0.25, 0.3) is 0 Å². The molecule has 0 aliphatic heterocycles. The molecule has 8 heteroatoms. The second-order valence-electron chi connectivity index (χ2n) is 2.98. The molecule has 4 nitrogen and oxygen atoms in total. The number of halogens is 4. The molecule has 0 heterocycles. The van der Waals surface area contributed by atoms with Crippen molar-refractivity contribution < 1.29 is 31.8 Å². The number of nitrogens with zero attached hydrogens (tertiary/aromatic N) is 1. The summed E-state index contributed by atoms with van der Waals surface area (Å²) in [4.78, 5) is 11.1. The number of alkyl halides is 3. The Hall–Kier alpha value is -2.30. The summed E-state index contributed by atoms with van der Waals surface area (Å²) in [6, 6.07) is 2.30. The molecule has 0 atom stereocenters. The fourth-order valence-electron chi connectivity index (χ4n) is 1.12. The molecule has 0 aromatic heterocycles. The first kappa shape index (κ1) is 13.8. The molecule has 96 valence electrons. The van der Waals surface area contributed by atoms with Crippen LogP contribution in [0.2, 0.25) is 0 Å². The second-order valence-corrected chi connectivity index (χ2v) is 2.98. The largest absolute Gasteiger partial charge is 0.573 e. The Labute approximate surface area is 98.3 Å². The van der Waals surface area contributed by atoms with Crippen molar-refractivity contribution in [2.75, 3.05) is 7.11 Å². The van der Waals surface area contributed by atoms with Crippen LogP contribution in [0, 0.1) is 17.1 Å². The number of nitriles is 1. The summed E-state index contributed by atoms with van der Waals surface area (Å²) in [7, 11) is 0.966. The normalized spacial score (nSPS) is 10.7. The molecule has 1 aromatic carbocycles. The minimum absolute atomic E-state index is 0.304. The third-order valence-corrected chi connectivity index (χ3v) is 1.82. The van der Waals surface area contributed by atoms with Crippen LogP contribution in [0.5, 0.6) is 5.75 Å². The maximum atomic E-state index is 13.3. The van der Waals surface area contributed by atoms with E-state index < -0.39 is 35.0 Å². The smallest absolute Gasteiger partial charge is 0.465 e. The van der Waals surface area contributed by atoms with Gasteiger partial charge in [0, 0.05) is 6.07 Å². The van der Waals surface area contributed by atoms with Crippen molar-refractivity contribution in [1.82, 2.24) is 0 Å². The fourth-order valence-corrected chi connectivity index (χ4v) is 1.12. The molecular weight excluding hydrogens is 258 g/mol. The van der Waals surface area contributed by atoms with Crippen molar-refractivity contribution in [3.05, 3.63) is 29.1 Å². The summed E-state index contributed by atoms with van der Waals surface area (Å²) < 4.78 is 56.9. The first-order valence-electron chi connectivity index (χ1n) is 4.36. The summed E-state index contributed by atoms with van der Waals surface area (Å²) in [6.45, 7) is 0. The lowest BCUT2D eigenvalue weighted by Gasteiger charge is -2.11. The highest BCUT2D eigenvalue weighted by molar-refractivity contribution is 5.90. The van der Waals surface area contributed by atoms with E-state index in [9.17, 15) is 22.4 Å². The second kappa shape index (κ2) is 4.91. The predicted molar refractivity (Wildman–Crippen MR) is 49.1 cm³/mol. The highest BCUT2D eigenvalue weighted by Gasteiger charge is 2.33. The Balaban J connectivity index is 3.28. The van der Waals surface area contributed by atoms with E-state index >= 15 is 0 Å². The number of carbonyl (C=O) groups is 1. The van der Waals surface area contributed by atoms with Gasteiger partial charge in [-0.2, -0.15) is 5.26 Å². The van der Waals surface area contributed by atoms with Crippen LogP contribution in [-0.4, -0.2) is 19.4 Å². The topological polar surface area (TPSA) is 59.3 Å². The van der Waals surface area contributed by atoms with Crippen LogP contribution in [0.3, 0.4) is 0 Å². The van der Waals surface area contributed by atoms with Crippen molar-refractivity contribution in [2.24, 2.45) is 0 Å². The highest BCUT2D eigenvalue weighted by Crippen LogP contribution is 2.28. The van der Waals surface area contributed by atoms with Gasteiger partial charge < -0.3 is 9.47 Å². The molecule has 0 spiro atoms. The van der Waals surface area contributed by atoms with Gasteiger partial charge in [0.05, 0.1) is 18.2 Å². The van der Waals surface area contributed by atoms with Crippen LogP contribution in [0.4, 0.5) is 17.6 Å². The first-order valence-corrected chi connectivity index (χ1v) is 4.36. The Morgan fingerprint density at radius 3 is 2.44 bits per heavy atom. The quantitative estimate of drug-likeness (QED) is 0.607.